The fraction of sp³-hybridized carbons (Fsp3) is 0.533. The molecule has 3 rings (SSSR count). The van der Waals surface area contributed by atoms with E-state index >= 15 is 0 Å². The lowest BCUT2D eigenvalue weighted by atomic mass is 9.73. The SMILES string of the molecule is O=C(O)CC1CC2(CCNCC2)c2c(Cl)cccc21. The Labute approximate surface area is 118 Å². The molecule has 0 aromatic heterocycles. The predicted octanol–water partition coefficient (Wildman–Crippen LogP) is 2.92. The first-order chi connectivity index (χ1) is 9.12. The second-order valence-electron chi connectivity index (χ2n) is 5.73. The molecule has 19 heavy (non-hydrogen) atoms. The maximum atomic E-state index is 11.1. The normalized spacial score (nSPS) is 24.4. The molecule has 1 aromatic carbocycles. The van der Waals surface area contributed by atoms with E-state index in [1.165, 1.54) is 5.56 Å². The fourth-order valence-corrected chi connectivity index (χ4v) is 4.26. The van der Waals surface area contributed by atoms with Crippen molar-refractivity contribution in [1.29, 1.82) is 0 Å². The van der Waals surface area contributed by atoms with Crippen LogP contribution in [-0.2, 0) is 10.2 Å². The molecule has 1 atom stereocenters. The van der Waals surface area contributed by atoms with Crippen LogP contribution in [0.2, 0.25) is 5.02 Å². The Morgan fingerprint density at radius 1 is 1.42 bits per heavy atom. The minimum absolute atomic E-state index is 0.0963. The van der Waals surface area contributed by atoms with E-state index < -0.39 is 5.97 Å². The van der Waals surface area contributed by atoms with Crippen molar-refractivity contribution in [3.05, 3.63) is 34.3 Å². The van der Waals surface area contributed by atoms with Gasteiger partial charge in [-0.15, -0.1) is 0 Å². The molecule has 4 heteroatoms. The molecule has 0 amide bonds. The molecule has 2 N–H and O–H groups in total. The number of halogens is 1. The molecule has 1 spiro atoms. The largest absolute Gasteiger partial charge is 0.481 e. The van der Waals surface area contributed by atoms with Crippen molar-refractivity contribution in [3.8, 4) is 0 Å². The van der Waals surface area contributed by atoms with Crippen LogP contribution >= 0.6 is 11.6 Å². The number of nitrogens with one attached hydrogen (secondary N) is 1. The lowest BCUT2D eigenvalue weighted by Crippen LogP contribution is -2.38. The second kappa shape index (κ2) is 4.80. The number of fused-ring (bicyclic) bond motifs is 2. The van der Waals surface area contributed by atoms with Crippen molar-refractivity contribution >= 4 is 17.6 Å². The average Bonchev–Trinajstić information content (AvgIpc) is 2.65. The smallest absolute Gasteiger partial charge is 0.303 e. The summed E-state index contributed by atoms with van der Waals surface area (Å²) < 4.78 is 0. The Morgan fingerprint density at radius 3 is 2.84 bits per heavy atom. The van der Waals surface area contributed by atoms with Gasteiger partial charge in [0, 0.05) is 10.4 Å². The number of benzene rings is 1. The van der Waals surface area contributed by atoms with Gasteiger partial charge in [-0.2, -0.15) is 0 Å². The number of hydrogen-bond acceptors (Lipinski definition) is 2. The summed E-state index contributed by atoms with van der Waals surface area (Å²) >= 11 is 6.43. The van der Waals surface area contributed by atoms with Crippen LogP contribution < -0.4 is 5.32 Å². The van der Waals surface area contributed by atoms with E-state index in [-0.39, 0.29) is 17.8 Å². The van der Waals surface area contributed by atoms with Crippen LogP contribution in [0.1, 0.15) is 42.7 Å². The lowest BCUT2D eigenvalue weighted by Gasteiger charge is -2.35. The summed E-state index contributed by atoms with van der Waals surface area (Å²) in [6, 6.07) is 5.94. The highest BCUT2D eigenvalue weighted by molar-refractivity contribution is 6.31. The standard InChI is InChI=1S/C15H18ClNO2/c16-12-3-1-2-11-10(8-13(18)19)9-15(14(11)12)4-6-17-7-5-15/h1-3,10,17H,4-9H2,(H,18,19). The van der Waals surface area contributed by atoms with Crippen molar-refractivity contribution in [2.75, 3.05) is 13.1 Å². The third-order valence-electron chi connectivity index (χ3n) is 4.63. The highest BCUT2D eigenvalue weighted by atomic mass is 35.5. The summed E-state index contributed by atoms with van der Waals surface area (Å²) in [5, 5.41) is 13.3. The molecule has 0 saturated carbocycles. The van der Waals surface area contributed by atoms with Crippen LogP contribution in [0.25, 0.3) is 0 Å². The molecule has 1 saturated heterocycles. The minimum atomic E-state index is -0.720. The molecule has 3 nitrogen and oxygen atoms in total. The van der Waals surface area contributed by atoms with Crippen LogP contribution in [0.4, 0.5) is 0 Å². The van der Waals surface area contributed by atoms with Gasteiger partial charge in [0.25, 0.3) is 0 Å². The molecule has 1 fully saturated rings. The maximum absolute atomic E-state index is 11.1. The van der Waals surface area contributed by atoms with Crippen molar-refractivity contribution in [2.24, 2.45) is 0 Å². The third-order valence-corrected chi connectivity index (χ3v) is 4.95. The van der Waals surface area contributed by atoms with Gasteiger partial charge in [0.15, 0.2) is 0 Å². The summed E-state index contributed by atoms with van der Waals surface area (Å²) in [6.07, 6.45) is 3.25. The van der Waals surface area contributed by atoms with E-state index in [0.717, 1.165) is 42.9 Å². The number of carbonyl (C=O) groups is 1. The number of hydrogen-bond donors (Lipinski definition) is 2. The van der Waals surface area contributed by atoms with E-state index in [4.69, 9.17) is 16.7 Å². The Balaban J connectivity index is 2.05. The van der Waals surface area contributed by atoms with Gasteiger partial charge in [0.1, 0.15) is 0 Å². The number of piperidine rings is 1. The van der Waals surface area contributed by atoms with Crippen LogP contribution in [-0.4, -0.2) is 24.2 Å². The van der Waals surface area contributed by atoms with E-state index in [1.807, 2.05) is 12.1 Å². The monoisotopic (exact) mass is 279 g/mol. The zero-order valence-corrected chi connectivity index (χ0v) is 11.5. The highest BCUT2D eigenvalue weighted by Crippen LogP contribution is 2.54. The molecule has 1 unspecified atom stereocenters. The fourth-order valence-electron chi connectivity index (χ4n) is 3.88. The predicted molar refractivity (Wildman–Crippen MR) is 74.8 cm³/mol. The first-order valence-electron chi connectivity index (χ1n) is 6.84. The molecule has 1 aliphatic heterocycles. The number of rotatable bonds is 2. The Hall–Kier alpha value is -1.06. The van der Waals surface area contributed by atoms with Gasteiger partial charge in [-0.3, -0.25) is 4.79 Å². The molecule has 0 radical (unpaired) electrons. The van der Waals surface area contributed by atoms with Gasteiger partial charge in [-0.25, -0.2) is 0 Å². The number of aliphatic carboxylic acids is 1. The average molecular weight is 280 g/mol. The molecule has 1 aliphatic carbocycles. The lowest BCUT2D eigenvalue weighted by molar-refractivity contribution is -0.137. The molecule has 102 valence electrons. The maximum Gasteiger partial charge on any atom is 0.303 e. The van der Waals surface area contributed by atoms with Crippen LogP contribution in [0.15, 0.2) is 18.2 Å². The van der Waals surface area contributed by atoms with E-state index in [0.29, 0.717) is 0 Å². The van der Waals surface area contributed by atoms with E-state index in [9.17, 15) is 4.79 Å². The van der Waals surface area contributed by atoms with Gasteiger partial charge in [0.2, 0.25) is 0 Å². The van der Waals surface area contributed by atoms with E-state index in [1.54, 1.807) is 0 Å². The van der Waals surface area contributed by atoms with Gasteiger partial charge in [-0.05, 0) is 55.5 Å². The highest BCUT2D eigenvalue weighted by Gasteiger charge is 2.45. The summed E-state index contributed by atoms with van der Waals surface area (Å²) in [7, 11) is 0. The summed E-state index contributed by atoms with van der Waals surface area (Å²) in [5.41, 5.74) is 2.49. The number of carboxylic acid groups (broad SMARTS) is 1. The van der Waals surface area contributed by atoms with Gasteiger partial charge < -0.3 is 10.4 Å². The number of carboxylic acids is 1. The Bertz CT molecular complexity index is 509. The minimum Gasteiger partial charge on any atom is -0.481 e. The van der Waals surface area contributed by atoms with Crippen LogP contribution in [0.3, 0.4) is 0 Å². The van der Waals surface area contributed by atoms with Gasteiger partial charge in [-0.1, -0.05) is 23.7 Å². The first kappa shape index (κ1) is 12.9. The molecule has 1 heterocycles. The third kappa shape index (κ3) is 2.15. The molecular weight excluding hydrogens is 262 g/mol. The first-order valence-corrected chi connectivity index (χ1v) is 7.22. The zero-order chi connectivity index (χ0) is 13.5. The van der Waals surface area contributed by atoms with Crippen molar-refractivity contribution in [2.45, 2.75) is 37.0 Å². The van der Waals surface area contributed by atoms with Crippen LogP contribution in [0.5, 0.6) is 0 Å². The van der Waals surface area contributed by atoms with Crippen molar-refractivity contribution in [1.82, 2.24) is 5.32 Å². The second-order valence-corrected chi connectivity index (χ2v) is 6.14. The zero-order valence-electron chi connectivity index (χ0n) is 10.8. The Morgan fingerprint density at radius 2 is 2.16 bits per heavy atom. The topological polar surface area (TPSA) is 49.3 Å². The Kier molecular flexibility index (Phi) is 3.27. The summed E-state index contributed by atoms with van der Waals surface area (Å²) in [4.78, 5) is 11.1. The molecular formula is C15H18ClNO2. The van der Waals surface area contributed by atoms with Crippen molar-refractivity contribution in [3.63, 3.8) is 0 Å². The quantitative estimate of drug-likeness (QED) is 0.875. The van der Waals surface area contributed by atoms with Crippen LogP contribution in [0, 0.1) is 0 Å². The van der Waals surface area contributed by atoms with Gasteiger partial charge in [0.05, 0.1) is 6.42 Å². The van der Waals surface area contributed by atoms with Crippen molar-refractivity contribution < 1.29 is 9.90 Å². The molecule has 2 aliphatic rings. The van der Waals surface area contributed by atoms with Gasteiger partial charge >= 0.3 is 5.97 Å². The molecule has 1 aromatic rings. The molecule has 0 bridgehead atoms. The van der Waals surface area contributed by atoms with E-state index in [2.05, 4.69) is 11.4 Å². The summed E-state index contributed by atoms with van der Waals surface area (Å²) in [6.45, 7) is 1.98. The summed E-state index contributed by atoms with van der Waals surface area (Å²) in [5.74, 6) is -0.605.